The second kappa shape index (κ2) is 8.33. The molecule has 0 atom stereocenters. The lowest BCUT2D eigenvalue weighted by molar-refractivity contribution is -0.121. The van der Waals surface area contributed by atoms with Crippen molar-refractivity contribution in [2.24, 2.45) is 0 Å². The van der Waals surface area contributed by atoms with Gasteiger partial charge in [0.2, 0.25) is 5.91 Å². The Morgan fingerprint density at radius 3 is 2.76 bits per heavy atom. The van der Waals surface area contributed by atoms with Crippen LogP contribution in [0.15, 0.2) is 52.9 Å². The fourth-order valence-electron chi connectivity index (χ4n) is 2.03. The van der Waals surface area contributed by atoms with Crippen LogP contribution in [-0.2, 0) is 4.79 Å². The largest absolute Gasteiger partial charge is 0.273 e. The lowest BCUT2D eigenvalue weighted by Gasteiger charge is -2.07. The van der Waals surface area contributed by atoms with Gasteiger partial charge in [0.25, 0.3) is 5.91 Å². The Morgan fingerprint density at radius 2 is 1.96 bits per heavy atom. The maximum absolute atomic E-state index is 11.9. The first kappa shape index (κ1) is 17.7. The van der Waals surface area contributed by atoms with Crippen LogP contribution in [-0.4, -0.2) is 22.6 Å². The van der Waals surface area contributed by atoms with Crippen molar-refractivity contribution in [3.63, 3.8) is 0 Å². The Kier molecular flexibility index (Phi) is 5.91. The molecule has 1 aromatic heterocycles. The average molecular weight is 392 g/mol. The number of hydrazine groups is 1. The quantitative estimate of drug-likeness (QED) is 0.511. The molecule has 0 bridgehead atoms. The van der Waals surface area contributed by atoms with Crippen LogP contribution < -0.4 is 10.9 Å². The third-order valence-corrected chi connectivity index (χ3v) is 5.65. The van der Waals surface area contributed by atoms with Crippen LogP contribution in [0.5, 0.6) is 0 Å². The van der Waals surface area contributed by atoms with E-state index in [1.807, 2.05) is 24.3 Å². The highest BCUT2D eigenvalue weighted by Crippen LogP contribution is 2.29. The zero-order chi connectivity index (χ0) is 17.6. The zero-order valence-corrected chi connectivity index (χ0v) is 15.4. The van der Waals surface area contributed by atoms with Crippen LogP contribution in [0, 0.1) is 0 Å². The molecular formula is C17H14ClN3O2S2. The highest BCUT2D eigenvalue weighted by atomic mass is 35.5. The Labute approximate surface area is 157 Å². The van der Waals surface area contributed by atoms with E-state index in [-0.39, 0.29) is 12.3 Å². The molecule has 0 aliphatic carbocycles. The van der Waals surface area contributed by atoms with E-state index in [4.69, 9.17) is 11.6 Å². The maximum atomic E-state index is 11.9. The standard InChI is InChI=1S/C17H14ClN3O2S2/c18-12-5-3-4-11(10-12)16(23)21-20-15(22)8-9-24-17-19-13-6-1-2-7-14(13)25-17/h1-7,10H,8-9H2,(H,20,22)(H,21,23). The highest BCUT2D eigenvalue weighted by Gasteiger charge is 2.09. The summed E-state index contributed by atoms with van der Waals surface area (Å²) in [5.74, 6) is -0.0859. The number of hydrogen-bond donors (Lipinski definition) is 2. The first-order chi connectivity index (χ1) is 12.1. The van der Waals surface area contributed by atoms with Crippen LogP contribution in [0.3, 0.4) is 0 Å². The number of halogens is 1. The predicted molar refractivity (Wildman–Crippen MR) is 102 cm³/mol. The second-order valence-electron chi connectivity index (χ2n) is 5.06. The lowest BCUT2D eigenvalue weighted by atomic mass is 10.2. The minimum atomic E-state index is -0.408. The normalized spacial score (nSPS) is 10.6. The van der Waals surface area contributed by atoms with E-state index in [0.29, 0.717) is 16.3 Å². The number of aromatic nitrogens is 1. The monoisotopic (exact) mass is 391 g/mol. The number of amides is 2. The topological polar surface area (TPSA) is 71.1 Å². The van der Waals surface area contributed by atoms with Crippen LogP contribution in [0.4, 0.5) is 0 Å². The van der Waals surface area contributed by atoms with E-state index in [2.05, 4.69) is 15.8 Å². The van der Waals surface area contributed by atoms with Crippen LogP contribution >= 0.6 is 34.7 Å². The maximum Gasteiger partial charge on any atom is 0.269 e. The molecule has 2 N–H and O–H groups in total. The Hall–Kier alpha value is -2.09. The van der Waals surface area contributed by atoms with Gasteiger partial charge in [0.1, 0.15) is 0 Å². The van der Waals surface area contributed by atoms with Gasteiger partial charge in [-0.1, -0.05) is 41.6 Å². The minimum absolute atomic E-state index is 0.260. The van der Waals surface area contributed by atoms with Crippen molar-refractivity contribution in [2.45, 2.75) is 10.8 Å². The van der Waals surface area contributed by atoms with Gasteiger partial charge in [0.15, 0.2) is 4.34 Å². The Balaban J connectivity index is 1.42. The molecule has 8 heteroatoms. The van der Waals surface area contributed by atoms with E-state index in [0.717, 1.165) is 14.6 Å². The van der Waals surface area contributed by atoms with Crippen molar-refractivity contribution in [1.82, 2.24) is 15.8 Å². The van der Waals surface area contributed by atoms with Gasteiger partial charge in [-0.05, 0) is 30.3 Å². The molecule has 3 rings (SSSR count). The van der Waals surface area contributed by atoms with Gasteiger partial charge in [-0.2, -0.15) is 0 Å². The number of carbonyl (C=O) groups is 2. The molecule has 0 radical (unpaired) electrons. The van der Waals surface area contributed by atoms with Crippen LogP contribution in [0.2, 0.25) is 5.02 Å². The summed E-state index contributed by atoms with van der Waals surface area (Å²) in [6.45, 7) is 0. The Morgan fingerprint density at radius 1 is 1.12 bits per heavy atom. The fraction of sp³-hybridized carbons (Fsp3) is 0.118. The fourth-order valence-corrected chi connectivity index (χ4v) is 4.30. The van der Waals surface area contributed by atoms with Gasteiger partial charge < -0.3 is 0 Å². The van der Waals surface area contributed by atoms with Gasteiger partial charge in [-0.25, -0.2) is 4.98 Å². The van der Waals surface area contributed by atoms with Gasteiger partial charge in [0, 0.05) is 22.8 Å². The number of carbonyl (C=O) groups excluding carboxylic acids is 2. The van der Waals surface area contributed by atoms with E-state index < -0.39 is 5.91 Å². The summed E-state index contributed by atoms with van der Waals surface area (Å²) in [4.78, 5) is 28.2. The summed E-state index contributed by atoms with van der Waals surface area (Å²) in [6, 6.07) is 14.4. The smallest absolute Gasteiger partial charge is 0.269 e. The van der Waals surface area contributed by atoms with Gasteiger partial charge >= 0.3 is 0 Å². The zero-order valence-electron chi connectivity index (χ0n) is 13.0. The summed E-state index contributed by atoms with van der Waals surface area (Å²) in [5, 5.41) is 0.464. The van der Waals surface area contributed by atoms with Crippen molar-refractivity contribution < 1.29 is 9.59 Å². The number of para-hydroxylation sites is 1. The van der Waals surface area contributed by atoms with Crippen molar-refractivity contribution in [3.8, 4) is 0 Å². The molecule has 0 aliphatic heterocycles. The van der Waals surface area contributed by atoms with E-state index >= 15 is 0 Å². The molecule has 0 aliphatic rings. The molecule has 3 aromatic rings. The summed E-state index contributed by atoms with van der Waals surface area (Å²) in [5.41, 5.74) is 6.13. The van der Waals surface area contributed by atoms with E-state index in [1.165, 1.54) is 17.8 Å². The molecule has 5 nitrogen and oxygen atoms in total. The molecule has 2 amide bonds. The summed E-state index contributed by atoms with van der Waals surface area (Å²) < 4.78 is 2.06. The summed E-state index contributed by atoms with van der Waals surface area (Å²) >= 11 is 8.96. The second-order valence-corrected chi connectivity index (χ2v) is 7.87. The van der Waals surface area contributed by atoms with Crippen molar-refractivity contribution >= 4 is 56.7 Å². The van der Waals surface area contributed by atoms with Gasteiger partial charge in [-0.15, -0.1) is 11.3 Å². The number of nitrogens with one attached hydrogen (secondary N) is 2. The molecule has 128 valence electrons. The van der Waals surface area contributed by atoms with Crippen LogP contribution in [0.25, 0.3) is 10.2 Å². The number of thioether (sulfide) groups is 1. The number of thiazole rings is 1. The average Bonchev–Trinajstić information content (AvgIpc) is 3.02. The summed E-state index contributed by atoms with van der Waals surface area (Å²) in [6.07, 6.45) is 0.274. The number of rotatable bonds is 5. The first-order valence-electron chi connectivity index (χ1n) is 7.45. The highest BCUT2D eigenvalue weighted by molar-refractivity contribution is 8.01. The third-order valence-electron chi connectivity index (χ3n) is 3.23. The number of hydrogen-bond acceptors (Lipinski definition) is 5. The molecule has 2 aromatic carbocycles. The van der Waals surface area contributed by atoms with E-state index in [9.17, 15) is 9.59 Å². The molecular weight excluding hydrogens is 378 g/mol. The lowest BCUT2D eigenvalue weighted by Crippen LogP contribution is -2.41. The predicted octanol–water partition coefficient (Wildman–Crippen LogP) is 3.89. The molecule has 0 saturated carbocycles. The summed E-state index contributed by atoms with van der Waals surface area (Å²) in [7, 11) is 0. The molecule has 1 heterocycles. The number of fused-ring (bicyclic) bond motifs is 1. The first-order valence-corrected chi connectivity index (χ1v) is 9.63. The third kappa shape index (κ3) is 4.94. The molecule has 0 unspecified atom stereocenters. The van der Waals surface area contributed by atoms with Gasteiger partial charge in [0.05, 0.1) is 10.2 Å². The van der Waals surface area contributed by atoms with Gasteiger partial charge in [-0.3, -0.25) is 20.4 Å². The van der Waals surface area contributed by atoms with Crippen molar-refractivity contribution in [3.05, 3.63) is 59.1 Å². The number of benzene rings is 2. The SMILES string of the molecule is O=C(CCSc1nc2ccccc2s1)NNC(=O)c1cccc(Cl)c1. The molecule has 0 spiro atoms. The molecule has 0 fully saturated rings. The Bertz CT molecular complexity index is 881. The molecule has 25 heavy (non-hydrogen) atoms. The van der Waals surface area contributed by atoms with Crippen molar-refractivity contribution in [1.29, 1.82) is 0 Å². The number of nitrogens with zero attached hydrogens (tertiary/aromatic N) is 1. The minimum Gasteiger partial charge on any atom is -0.273 e. The van der Waals surface area contributed by atoms with Crippen LogP contribution in [0.1, 0.15) is 16.8 Å². The van der Waals surface area contributed by atoms with Crippen molar-refractivity contribution in [2.75, 3.05) is 5.75 Å². The van der Waals surface area contributed by atoms with E-state index in [1.54, 1.807) is 29.5 Å². The molecule has 0 saturated heterocycles.